The highest BCUT2D eigenvalue weighted by Gasteiger charge is 2.31. The van der Waals surface area contributed by atoms with Gasteiger partial charge in [-0.2, -0.15) is 4.31 Å². The second-order valence-electron chi connectivity index (χ2n) is 7.72. The highest BCUT2D eigenvalue weighted by molar-refractivity contribution is 7.89. The average Bonchev–Trinajstić information content (AvgIpc) is 3.30. The Morgan fingerprint density at radius 1 is 1.12 bits per heavy atom. The van der Waals surface area contributed by atoms with E-state index in [1.165, 1.54) is 33.3 Å². The minimum Gasteiger partial charge on any atom is -0.345 e. The molecule has 0 atom stereocenters. The van der Waals surface area contributed by atoms with Gasteiger partial charge in [0.2, 0.25) is 10.0 Å². The summed E-state index contributed by atoms with van der Waals surface area (Å²) in [6, 6.07) is 12.0. The van der Waals surface area contributed by atoms with Gasteiger partial charge in [-0.3, -0.25) is 10.1 Å². The normalized spacial score (nSPS) is 15.0. The fraction of sp³-hybridized carbons (Fsp3) is 0.318. The van der Waals surface area contributed by atoms with Crippen molar-refractivity contribution in [2.45, 2.75) is 24.7 Å². The fourth-order valence-electron chi connectivity index (χ4n) is 3.73. The van der Waals surface area contributed by atoms with Crippen LogP contribution in [-0.2, 0) is 16.4 Å². The van der Waals surface area contributed by atoms with Gasteiger partial charge in [0, 0.05) is 43.2 Å². The van der Waals surface area contributed by atoms with Crippen molar-refractivity contribution in [1.29, 1.82) is 0 Å². The number of sulfonamides is 1. The van der Waals surface area contributed by atoms with Crippen molar-refractivity contribution in [3.8, 4) is 11.3 Å². The highest BCUT2D eigenvalue weighted by Crippen LogP contribution is 2.31. The van der Waals surface area contributed by atoms with Crippen LogP contribution in [0.25, 0.3) is 11.3 Å². The number of benzene rings is 2. The third-order valence-electron chi connectivity index (χ3n) is 5.54. The Morgan fingerprint density at radius 3 is 2.45 bits per heavy atom. The van der Waals surface area contributed by atoms with Gasteiger partial charge in [0.15, 0.2) is 5.13 Å². The lowest BCUT2D eigenvalue weighted by Crippen LogP contribution is -2.48. The molecule has 0 amide bonds. The largest absolute Gasteiger partial charge is 0.345 e. The molecule has 0 bridgehead atoms. The van der Waals surface area contributed by atoms with E-state index in [0.29, 0.717) is 13.1 Å². The molecule has 0 N–H and O–H groups in total. The number of halogens is 1. The van der Waals surface area contributed by atoms with Crippen LogP contribution < -0.4 is 4.90 Å². The summed E-state index contributed by atoms with van der Waals surface area (Å²) >= 11 is 7.35. The Morgan fingerprint density at radius 2 is 1.82 bits per heavy atom. The Labute approximate surface area is 201 Å². The molecule has 11 heteroatoms. The maximum Gasteiger partial charge on any atom is 0.289 e. The SMILES string of the molecule is CCCc1ccc(-c2csc(N3CCN(S(=O)(=O)c4ccc(Cl)c([N+](=O)[O-])c4)CC3)n2)cc1. The van der Waals surface area contributed by atoms with Crippen LogP contribution in [0.2, 0.25) is 5.02 Å². The van der Waals surface area contributed by atoms with E-state index >= 15 is 0 Å². The molecule has 0 saturated carbocycles. The van der Waals surface area contributed by atoms with Crippen LogP contribution >= 0.6 is 22.9 Å². The molecule has 0 aliphatic carbocycles. The zero-order valence-electron chi connectivity index (χ0n) is 18.0. The number of hydrogen-bond acceptors (Lipinski definition) is 7. The smallest absolute Gasteiger partial charge is 0.289 e. The first kappa shape index (κ1) is 23.6. The van der Waals surface area contributed by atoms with Gasteiger partial charge >= 0.3 is 0 Å². The van der Waals surface area contributed by atoms with E-state index in [2.05, 4.69) is 36.1 Å². The molecule has 0 spiro atoms. The van der Waals surface area contributed by atoms with E-state index < -0.39 is 20.6 Å². The minimum atomic E-state index is -3.86. The first-order valence-electron chi connectivity index (χ1n) is 10.5. The molecule has 1 fully saturated rings. The molecule has 4 rings (SSSR count). The molecule has 174 valence electrons. The molecule has 1 aliphatic rings. The zero-order valence-corrected chi connectivity index (χ0v) is 20.4. The average molecular weight is 507 g/mol. The van der Waals surface area contributed by atoms with Crippen molar-refractivity contribution < 1.29 is 13.3 Å². The van der Waals surface area contributed by atoms with E-state index in [9.17, 15) is 18.5 Å². The number of nitro benzene ring substituents is 1. The summed E-state index contributed by atoms with van der Waals surface area (Å²) in [5.41, 5.74) is 2.85. The number of nitro groups is 1. The number of piperazine rings is 1. The van der Waals surface area contributed by atoms with Crippen LogP contribution in [0, 0.1) is 10.1 Å². The number of nitrogens with zero attached hydrogens (tertiary/aromatic N) is 4. The molecule has 8 nitrogen and oxygen atoms in total. The van der Waals surface area contributed by atoms with Crippen LogP contribution in [0.15, 0.2) is 52.7 Å². The first-order chi connectivity index (χ1) is 15.8. The molecule has 0 unspecified atom stereocenters. The maximum absolute atomic E-state index is 13.0. The second kappa shape index (κ2) is 9.76. The number of aryl methyl sites for hydroxylation is 1. The van der Waals surface area contributed by atoms with Crippen molar-refractivity contribution >= 4 is 43.8 Å². The lowest BCUT2D eigenvalue weighted by atomic mass is 10.1. The van der Waals surface area contributed by atoms with Gasteiger partial charge in [-0.05, 0) is 24.1 Å². The van der Waals surface area contributed by atoms with Crippen molar-refractivity contribution in [1.82, 2.24) is 9.29 Å². The quantitative estimate of drug-likeness (QED) is 0.336. The fourth-order valence-corrected chi connectivity index (χ4v) is 6.25. The van der Waals surface area contributed by atoms with E-state index in [4.69, 9.17) is 16.6 Å². The Bertz CT molecular complexity index is 1250. The van der Waals surface area contributed by atoms with Crippen molar-refractivity contribution in [3.63, 3.8) is 0 Å². The Hall–Kier alpha value is -2.53. The standard InChI is InChI=1S/C22H23ClN4O4S2/c1-2-3-16-4-6-17(7-5-16)20-15-32-22(24-20)25-10-12-26(13-11-25)33(30,31)18-8-9-19(23)21(14-18)27(28)29/h4-9,14-15H,2-3,10-13H2,1H3. The molecule has 0 radical (unpaired) electrons. The van der Waals surface area contributed by atoms with E-state index in [0.717, 1.165) is 35.3 Å². The third-order valence-corrected chi connectivity index (χ3v) is 8.66. The summed E-state index contributed by atoms with van der Waals surface area (Å²) < 4.78 is 27.4. The molecular formula is C22H23ClN4O4S2. The number of hydrogen-bond donors (Lipinski definition) is 0. The van der Waals surface area contributed by atoms with E-state index in [1.807, 2.05) is 5.38 Å². The lowest BCUT2D eigenvalue weighted by Gasteiger charge is -2.33. The van der Waals surface area contributed by atoms with Crippen molar-refractivity contribution in [2.24, 2.45) is 0 Å². The van der Waals surface area contributed by atoms with Gasteiger partial charge in [-0.1, -0.05) is 49.2 Å². The van der Waals surface area contributed by atoms with E-state index in [-0.39, 0.29) is 23.0 Å². The molecule has 1 aromatic heterocycles. The molecule has 2 aromatic carbocycles. The zero-order chi connectivity index (χ0) is 23.6. The van der Waals surface area contributed by atoms with Crippen molar-refractivity contribution in [2.75, 3.05) is 31.1 Å². The number of thiazole rings is 1. The topological polar surface area (TPSA) is 96.7 Å². The molecule has 1 aliphatic heterocycles. The van der Waals surface area contributed by atoms with E-state index in [1.54, 1.807) is 0 Å². The number of aromatic nitrogens is 1. The molecule has 1 saturated heterocycles. The van der Waals surface area contributed by atoms with Crippen LogP contribution in [0.3, 0.4) is 0 Å². The summed E-state index contributed by atoms with van der Waals surface area (Å²) in [6.45, 7) is 3.65. The van der Waals surface area contributed by atoms with Gasteiger partial charge in [-0.15, -0.1) is 11.3 Å². The van der Waals surface area contributed by atoms with Gasteiger partial charge in [-0.25, -0.2) is 13.4 Å². The summed E-state index contributed by atoms with van der Waals surface area (Å²) in [6.07, 6.45) is 2.16. The lowest BCUT2D eigenvalue weighted by molar-refractivity contribution is -0.384. The molecule has 33 heavy (non-hydrogen) atoms. The summed E-state index contributed by atoms with van der Waals surface area (Å²) in [4.78, 5) is 17.1. The highest BCUT2D eigenvalue weighted by atomic mass is 35.5. The van der Waals surface area contributed by atoms with Crippen LogP contribution in [0.4, 0.5) is 10.8 Å². The van der Waals surface area contributed by atoms with Gasteiger partial charge < -0.3 is 4.90 Å². The Kier molecular flexibility index (Phi) is 6.99. The molecule has 3 aromatic rings. The summed E-state index contributed by atoms with van der Waals surface area (Å²) in [5, 5.41) is 13.9. The predicted octanol–water partition coefficient (Wildman–Crippen LogP) is 4.84. The maximum atomic E-state index is 13.0. The number of rotatable bonds is 7. The minimum absolute atomic E-state index is 0.0941. The van der Waals surface area contributed by atoms with Gasteiger partial charge in [0.05, 0.1) is 15.5 Å². The summed E-state index contributed by atoms with van der Waals surface area (Å²) in [7, 11) is -3.86. The van der Waals surface area contributed by atoms with Gasteiger partial charge in [0.25, 0.3) is 5.69 Å². The monoisotopic (exact) mass is 506 g/mol. The number of anilines is 1. The van der Waals surface area contributed by atoms with Gasteiger partial charge in [0.1, 0.15) is 5.02 Å². The summed E-state index contributed by atoms with van der Waals surface area (Å²) in [5.74, 6) is 0. The molecule has 2 heterocycles. The van der Waals surface area contributed by atoms with Crippen LogP contribution in [0.5, 0.6) is 0 Å². The Balaban J connectivity index is 1.44. The van der Waals surface area contributed by atoms with Crippen LogP contribution in [-0.4, -0.2) is 48.8 Å². The second-order valence-corrected chi connectivity index (χ2v) is 10.9. The van der Waals surface area contributed by atoms with Crippen molar-refractivity contribution in [3.05, 3.63) is 68.5 Å². The third kappa shape index (κ3) is 5.03. The predicted molar refractivity (Wildman–Crippen MR) is 131 cm³/mol. The van der Waals surface area contributed by atoms with Crippen LogP contribution in [0.1, 0.15) is 18.9 Å². The molecular weight excluding hydrogens is 484 g/mol. The first-order valence-corrected chi connectivity index (χ1v) is 13.2.